The van der Waals surface area contributed by atoms with Crippen molar-refractivity contribution in [2.45, 2.75) is 44.2 Å². The average Bonchev–Trinajstić information content (AvgIpc) is 3.28. The van der Waals surface area contributed by atoms with Crippen LogP contribution in [0.25, 0.3) is 0 Å². The van der Waals surface area contributed by atoms with E-state index in [4.69, 9.17) is 23.2 Å². The molecular formula is C17H24Cl2N2. The Hall–Kier alpha value is -0.280. The fourth-order valence-electron chi connectivity index (χ4n) is 3.72. The van der Waals surface area contributed by atoms with Gasteiger partial charge in [-0.25, -0.2) is 0 Å². The van der Waals surface area contributed by atoms with Gasteiger partial charge in [-0.05, 0) is 69.4 Å². The lowest BCUT2D eigenvalue weighted by Crippen LogP contribution is -2.37. The van der Waals surface area contributed by atoms with Crippen LogP contribution in [0.15, 0.2) is 18.2 Å². The van der Waals surface area contributed by atoms with Crippen LogP contribution in [0.5, 0.6) is 0 Å². The van der Waals surface area contributed by atoms with E-state index in [1.165, 1.54) is 44.2 Å². The highest BCUT2D eigenvalue weighted by Crippen LogP contribution is 2.42. The first-order valence-electron chi connectivity index (χ1n) is 8.06. The van der Waals surface area contributed by atoms with Crippen LogP contribution in [-0.2, 0) is 0 Å². The molecule has 1 aliphatic carbocycles. The van der Waals surface area contributed by atoms with E-state index in [0.717, 1.165) is 12.6 Å². The SMILES string of the molecule is CNCC1CCCCN(C2CC2)C1c1ccc(Cl)c(Cl)c1. The molecule has 4 heteroatoms. The molecule has 3 rings (SSSR count). The molecule has 1 saturated carbocycles. The maximum Gasteiger partial charge on any atom is 0.0595 e. The van der Waals surface area contributed by atoms with Crippen molar-refractivity contribution in [2.24, 2.45) is 5.92 Å². The van der Waals surface area contributed by atoms with Crippen LogP contribution < -0.4 is 5.32 Å². The Morgan fingerprint density at radius 2 is 1.95 bits per heavy atom. The number of benzene rings is 1. The predicted molar refractivity (Wildman–Crippen MR) is 90.2 cm³/mol. The van der Waals surface area contributed by atoms with E-state index in [-0.39, 0.29) is 0 Å². The van der Waals surface area contributed by atoms with Gasteiger partial charge in [0.15, 0.2) is 0 Å². The highest BCUT2D eigenvalue weighted by Gasteiger charge is 2.39. The third kappa shape index (κ3) is 3.56. The molecule has 1 heterocycles. The smallest absolute Gasteiger partial charge is 0.0595 e. The summed E-state index contributed by atoms with van der Waals surface area (Å²) in [6.07, 6.45) is 6.63. The highest BCUT2D eigenvalue weighted by molar-refractivity contribution is 6.42. The van der Waals surface area contributed by atoms with Crippen molar-refractivity contribution in [2.75, 3.05) is 20.1 Å². The van der Waals surface area contributed by atoms with Gasteiger partial charge in [0.2, 0.25) is 0 Å². The molecule has 21 heavy (non-hydrogen) atoms. The summed E-state index contributed by atoms with van der Waals surface area (Å²) in [5.41, 5.74) is 1.33. The van der Waals surface area contributed by atoms with Crippen molar-refractivity contribution in [1.82, 2.24) is 10.2 Å². The van der Waals surface area contributed by atoms with Gasteiger partial charge in [-0.2, -0.15) is 0 Å². The Morgan fingerprint density at radius 3 is 2.62 bits per heavy atom. The molecule has 1 aromatic rings. The third-order valence-electron chi connectivity index (χ3n) is 4.81. The van der Waals surface area contributed by atoms with E-state index in [2.05, 4.69) is 29.4 Å². The average molecular weight is 327 g/mol. The van der Waals surface area contributed by atoms with Crippen LogP contribution in [0.2, 0.25) is 10.0 Å². The molecule has 1 aromatic carbocycles. The van der Waals surface area contributed by atoms with E-state index in [0.29, 0.717) is 22.0 Å². The molecule has 2 unspecified atom stereocenters. The minimum Gasteiger partial charge on any atom is -0.319 e. The minimum atomic E-state index is 0.474. The minimum absolute atomic E-state index is 0.474. The zero-order valence-electron chi connectivity index (χ0n) is 12.6. The highest BCUT2D eigenvalue weighted by atomic mass is 35.5. The summed E-state index contributed by atoms with van der Waals surface area (Å²) in [7, 11) is 2.05. The van der Waals surface area contributed by atoms with Crippen LogP contribution >= 0.6 is 23.2 Å². The fraction of sp³-hybridized carbons (Fsp3) is 0.647. The summed E-state index contributed by atoms with van der Waals surface area (Å²) >= 11 is 12.4. The maximum absolute atomic E-state index is 6.28. The molecule has 0 spiro atoms. The molecule has 2 atom stereocenters. The number of rotatable bonds is 4. The van der Waals surface area contributed by atoms with Gasteiger partial charge in [0, 0.05) is 12.1 Å². The van der Waals surface area contributed by atoms with Crippen molar-refractivity contribution in [3.8, 4) is 0 Å². The molecule has 2 fully saturated rings. The zero-order chi connectivity index (χ0) is 14.8. The Kier molecular flexibility index (Phi) is 5.11. The fourth-order valence-corrected chi connectivity index (χ4v) is 4.03. The van der Waals surface area contributed by atoms with Gasteiger partial charge in [0.05, 0.1) is 10.0 Å². The topological polar surface area (TPSA) is 15.3 Å². The van der Waals surface area contributed by atoms with Crippen molar-refractivity contribution in [3.63, 3.8) is 0 Å². The summed E-state index contributed by atoms with van der Waals surface area (Å²) < 4.78 is 0. The number of nitrogens with one attached hydrogen (secondary N) is 1. The molecule has 1 N–H and O–H groups in total. The summed E-state index contributed by atoms with van der Waals surface area (Å²) in [4.78, 5) is 2.73. The third-order valence-corrected chi connectivity index (χ3v) is 5.55. The van der Waals surface area contributed by atoms with Crippen LogP contribution in [0.3, 0.4) is 0 Å². The summed E-state index contributed by atoms with van der Waals surface area (Å²) in [5, 5.41) is 4.71. The lowest BCUT2D eigenvalue weighted by Gasteiger charge is -2.36. The lowest BCUT2D eigenvalue weighted by molar-refractivity contribution is 0.145. The number of likely N-dealkylation sites (tertiary alicyclic amines) is 1. The summed E-state index contributed by atoms with van der Waals surface area (Å²) in [6.45, 7) is 2.28. The summed E-state index contributed by atoms with van der Waals surface area (Å²) in [5.74, 6) is 0.648. The quantitative estimate of drug-likeness (QED) is 0.875. The van der Waals surface area contributed by atoms with Gasteiger partial charge in [0.1, 0.15) is 0 Å². The number of nitrogens with zero attached hydrogens (tertiary/aromatic N) is 1. The van der Waals surface area contributed by atoms with E-state index in [9.17, 15) is 0 Å². The molecule has 0 radical (unpaired) electrons. The molecule has 2 nitrogen and oxygen atoms in total. The first kappa shape index (κ1) is 15.6. The molecule has 2 aliphatic rings. The number of hydrogen-bond acceptors (Lipinski definition) is 2. The molecule has 1 aliphatic heterocycles. The lowest BCUT2D eigenvalue weighted by atomic mass is 9.89. The van der Waals surface area contributed by atoms with Crippen molar-refractivity contribution >= 4 is 23.2 Å². The van der Waals surface area contributed by atoms with Crippen LogP contribution in [0, 0.1) is 5.92 Å². The van der Waals surface area contributed by atoms with Gasteiger partial charge in [-0.3, -0.25) is 4.90 Å². The standard InChI is InChI=1S/C17H24Cl2N2/c1-20-11-13-4-2-3-9-21(14-6-7-14)17(13)12-5-8-15(18)16(19)10-12/h5,8,10,13-14,17,20H,2-4,6-7,9,11H2,1H3. The zero-order valence-corrected chi connectivity index (χ0v) is 14.1. The van der Waals surface area contributed by atoms with Crippen LogP contribution in [0.1, 0.15) is 43.7 Å². The van der Waals surface area contributed by atoms with E-state index in [1.54, 1.807) is 0 Å². The first-order valence-corrected chi connectivity index (χ1v) is 8.81. The second kappa shape index (κ2) is 6.87. The predicted octanol–water partition coefficient (Wildman–Crippen LogP) is 4.52. The van der Waals surface area contributed by atoms with Gasteiger partial charge in [-0.15, -0.1) is 0 Å². The largest absolute Gasteiger partial charge is 0.319 e. The van der Waals surface area contributed by atoms with Crippen molar-refractivity contribution in [1.29, 1.82) is 0 Å². The Morgan fingerprint density at radius 1 is 1.14 bits per heavy atom. The molecular weight excluding hydrogens is 303 g/mol. The molecule has 0 bridgehead atoms. The number of hydrogen-bond donors (Lipinski definition) is 1. The second-order valence-electron chi connectivity index (χ2n) is 6.40. The van der Waals surface area contributed by atoms with Crippen LogP contribution in [0.4, 0.5) is 0 Å². The van der Waals surface area contributed by atoms with Gasteiger partial charge >= 0.3 is 0 Å². The Balaban J connectivity index is 1.94. The van der Waals surface area contributed by atoms with E-state index in [1.807, 2.05) is 6.07 Å². The monoisotopic (exact) mass is 326 g/mol. The molecule has 1 saturated heterocycles. The van der Waals surface area contributed by atoms with Gasteiger partial charge in [0.25, 0.3) is 0 Å². The number of halogens is 2. The van der Waals surface area contributed by atoms with Gasteiger partial charge < -0.3 is 5.32 Å². The normalized spacial score (nSPS) is 27.6. The maximum atomic E-state index is 6.28. The Bertz CT molecular complexity index is 488. The van der Waals surface area contributed by atoms with Gasteiger partial charge in [-0.1, -0.05) is 35.7 Å². The van der Waals surface area contributed by atoms with Crippen molar-refractivity contribution in [3.05, 3.63) is 33.8 Å². The molecule has 116 valence electrons. The molecule has 0 aromatic heterocycles. The first-order chi connectivity index (χ1) is 10.2. The van der Waals surface area contributed by atoms with Crippen LogP contribution in [-0.4, -0.2) is 31.1 Å². The van der Waals surface area contributed by atoms with E-state index >= 15 is 0 Å². The second-order valence-corrected chi connectivity index (χ2v) is 7.22. The van der Waals surface area contributed by atoms with E-state index < -0.39 is 0 Å². The molecule has 0 amide bonds. The Labute approximate surface area is 137 Å². The summed E-state index contributed by atoms with van der Waals surface area (Å²) in [6, 6.07) is 7.45. The van der Waals surface area contributed by atoms with Crippen molar-refractivity contribution < 1.29 is 0 Å².